The number of aromatic nitrogens is 12. The Morgan fingerprint density at radius 3 is 1.36 bits per heavy atom. The van der Waals surface area contributed by atoms with E-state index in [4.69, 9.17) is 76.6 Å². The van der Waals surface area contributed by atoms with Gasteiger partial charge < -0.3 is 30.3 Å². The van der Waals surface area contributed by atoms with Crippen molar-refractivity contribution < 1.29 is 26.1 Å². The van der Waals surface area contributed by atoms with Crippen LogP contribution in [-0.4, -0.2) is 165 Å². The molecule has 0 bridgehead atoms. The number of H-pyrrole nitrogens is 2. The first-order valence-electron chi connectivity index (χ1n) is 37.7. The molecule has 10 radical (unpaired) electrons. The van der Waals surface area contributed by atoms with Gasteiger partial charge in [0.05, 0.1) is 63.0 Å². The maximum Gasteiger partial charge on any atom is 0.498 e. The first kappa shape index (κ1) is 102. The molecule has 25 nitrogen and oxygen atoms in total. The van der Waals surface area contributed by atoms with E-state index in [2.05, 4.69) is 157 Å². The lowest BCUT2D eigenvalue weighted by Gasteiger charge is -2.32. The lowest BCUT2D eigenvalue weighted by atomic mass is 8.68. The van der Waals surface area contributed by atoms with Gasteiger partial charge in [-0.05, 0) is 261 Å². The van der Waals surface area contributed by atoms with Crippen molar-refractivity contribution in [2.75, 3.05) is 11.2 Å². The second-order valence-electron chi connectivity index (χ2n) is 30.5. The van der Waals surface area contributed by atoms with E-state index >= 15 is 0 Å². The Hall–Kier alpha value is -5.39. The van der Waals surface area contributed by atoms with Crippen molar-refractivity contribution in [3.8, 4) is 0 Å². The van der Waals surface area contributed by atoms with Crippen molar-refractivity contribution in [2.45, 2.75) is 244 Å². The van der Waals surface area contributed by atoms with Crippen LogP contribution in [0.25, 0.3) is 0 Å². The van der Waals surface area contributed by atoms with E-state index in [0.29, 0.717) is 72.1 Å². The molecule has 117 heavy (non-hydrogen) atoms. The van der Waals surface area contributed by atoms with Crippen LogP contribution < -0.4 is 38.3 Å². The standard InChI is InChI=1S/C16H18BrN3O2S.C14H21BN2O2.C8H8BrClN2.C8H9BrN2O.C8H9BrN2.C8H10N2O.C7H10N2O2S.C4H8N2.2CH4.B8.ClH/c1-10-3-7-13(8-4-10)23(21,22)9-18-16-14(17)11(2)19-15(20-16)12-5-6-12;1-9-11(8-16-12(17-9)10-6-7-10)15-18-13(2,3)14(4,5)19-15;1-4-6(9)7(10)12-8(11-4)5-2-3-5;1-4-6(9)8(12)11-7(10-4)5-2-3-5;1-5-7(9)4-10-8(11-5)6-2-3-6;1-5-4-7(11)10-8(9-5)6-2-3-6;1-6-2-4-7(5-3-6)12(10,11)9-8;5-4(6)3-1-2-3;;;1-6(2)8(5)7(3)4;/h3-4,7-8,12H,5-6,9H2,1-2H3,(H,18,19,20);8,10H,6-7H2,1-5H3;5H,2-3H2,1H3;5H,2-3H2,1H3,(H,10,11,12);4,6H,2-3H2,1H3;4,6H,2-3H2,1H3,(H,9,10,11);2-5,9H,8H2,1H3;3H,1-2H2,(H3,5,6);2*1H4;;1H. The van der Waals surface area contributed by atoms with Crippen molar-refractivity contribution in [1.29, 1.82) is 5.41 Å². The summed E-state index contributed by atoms with van der Waals surface area (Å²) in [5, 5.41) is 10.3. The lowest BCUT2D eigenvalue weighted by molar-refractivity contribution is 0.00578. The summed E-state index contributed by atoms with van der Waals surface area (Å²) in [6.07, 6.45) is 18.5. The van der Waals surface area contributed by atoms with Crippen molar-refractivity contribution in [2.24, 2.45) is 17.5 Å². The highest BCUT2D eigenvalue weighted by Crippen LogP contribution is 2.43. The average Bonchev–Trinajstić information content (AvgIpc) is 1.61. The summed E-state index contributed by atoms with van der Waals surface area (Å²) in [6, 6.07) is 14.8. The molecule has 8 fully saturated rings. The minimum Gasteiger partial charge on any atom is -0.399 e. The van der Waals surface area contributed by atoms with E-state index in [-0.39, 0.29) is 67.5 Å². The predicted molar refractivity (Wildman–Crippen MR) is 494 cm³/mol. The maximum absolute atomic E-state index is 12.4. The van der Waals surface area contributed by atoms with Gasteiger partial charge in [-0.2, -0.15) is 4.83 Å². The van der Waals surface area contributed by atoms with Gasteiger partial charge in [-0.3, -0.25) is 20.8 Å². The highest BCUT2D eigenvalue weighted by atomic mass is 79.9. The molecule has 1 saturated heterocycles. The minimum atomic E-state index is -3.49. The Kier molecular flexibility index (Phi) is 39.4. The number of nitrogens with zero attached hydrogens (tertiary/aromatic N) is 10. The normalized spacial score (nSPS) is 16.3. The first-order valence-corrected chi connectivity index (χ1v) is 44.4. The fourth-order valence-corrected chi connectivity index (χ4v) is 13.0. The van der Waals surface area contributed by atoms with Crippen LogP contribution in [0.4, 0.5) is 5.82 Å². The molecule has 2 aromatic carbocycles. The number of rotatable bonds is 16. The quantitative estimate of drug-likeness (QED) is 0.0118. The Labute approximate surface area is 743 Å². The fourth-order valence-electron chi connectivity index (χ4n) is 10.3. The number of sulfonamides is 1. The van der Waals surface area contributed by atoms with E-state index in [1.165, 1.54) is 69.6 Å². The van der Waals surface area contributed by atoms with Gasteiger partial charge in [0.25, 0.3) is 21.1 Å². The van der Waals surface area contributed by atoms with Crippen molar-refractivity contribution in [1.82, 2.24) is 64.6 Å². The summed E-state index contributed by atoms with van der Waals surface area (Å²) < 4.78 is 62.2. The molecule has 0 atom stereocenters. The summed E-state index contributed by atoms with van der Waals surface area (Å²) in [4.78, 5) is 73.7. The molecular weight excluding hydrogens is 1820 g/mol. The van der Waals surface area contributed by atoms with Crippen LogP contribution in [0.15, 0.2) is 104 Å². The minimum absolute atomic E-state index is 0. The van der Waals surface area contributed by atoms with Crippen LogP contribution in [0.2, 0.25) is 5.15 Å². The number of halogens is 6. The summed E-state index contributed by atoms with van der Waals surface area (Å²) in [5.41, 5.74) is 12.7. The van der Waals surface area contributed by atoms with Gasteiger partial charge in [0.15, 0.2) is 9.84 Å². The summed E-state index contributed by atoms with van der Waals surface area (Å²) in [7, 11) is 18.5. The largest absolute Gasteiger partial charge is 0.498 e. The number of hydrogen-bond donors (Lipinski definition) is 7. The second kappa shape index (κ2) is 45.1. The van der Waals surface area contributed by atoms with Gasteiger partial charge in [0.2, 0.25) is 0 Å². The number of benzene rings is 2. The number of hydrazine groups is 1. The summed E-state index contributed by atoms with van der Waals surface area (Å²) >= 11 is 19.2. The molecule has 42 heteroatoms. The molecule has 1 aliphatic heterocycles. The zero-order valence-electron chi connectivity index (χ0n) is 66.7. The first-order chi connectivity index (χ1) is 53.5. The van der Waals surface area contributed by atoms with Crippen LogP contribution in [0.3, 0.4) is 0 Å². The Bertz CT molecular complexity index is 4980. The van der Waals surface area contributed by atoms with E-state index in [1.807, 2.05) is 67.8 Å². The molecule has 8 aliphatic rings. The topological polar surface area (TPSA) is 381 Å². The second-order valence-corrected chi connectivity index (χ2v) is 37.8. The lowest BCUT2D eigenvalue weighted by Crippen LogP contribution is -2.52. The van der Waals surface area contributed by atoms with Gasteiger partial charge >= 0.3 is 7.12 Å². The summed E-state index contributed by atoms with van der Waals surface area (Å²) in [6.45, 7) is 23.5. The molecule has 0 amide bonds. The number of nitrogens with two attached hydrogens (primary N) is 2. The SMILES string of the molecule is C.C.Cc1cc(=O)[nH]c(C2CC2)n1.Cc1ccc(S(=O)(=O)CNc2nc(C3CC3)nc(C)c2Br)cc1.Cc1ccc(S(=O)(=O)NN)cc1.Cc1nc(C2CC2)[nH]c(=O)c1Br.Cc1nc(C2CC2)nc(Cl)c1Br.Cc1nc(C2CC2)ncc1B1OC(C)(C)C(C)(C)O1.Cc1nc(C2CC2)ncc1Br.Cl.N=C(N)C1CC1.[B]B([B])B([B])B([B])[B]. The molecule has 7 heterocycles. The molecule has 0 unspecified atom stereocenters. The third-order valence-corrected chi connectivity index (χ3v) is 26.2. The number of hydrogen-bond acceptors (Lipinski definition) is 21. The highest BCUT2D eigenvalue weighted by Gasteiger charge is 2.52. The van der Waals surface area contributed by atoms with E-state index < -0.39 is 39.0 Å². The zero-order valence-corrected chi connectivity index (χ0v) is 76.3. The number of aromatic amines is 2. The molecule has 0 spiro atoms. The van der Waals surface area contributed by atoms with Crippen LogP contribution in [-0.2, 0) is 29.2 Å². The molecule has 9 N–H and O–H groups in total. The Balaban J connectivity index is 0.000000239. The van der Waals surface area contributed by atoms with Gasteiger partial charge in [0, 0.05) is 135 Å². The van der Waals surface area contributed by atoms with Gasteiger partial charge in [-0.15, -0.1) is 12.4 Å². The van der Waals surface area contributed by atoms with Crippen molar-refractivity contribution in [3.05, 3.63) is 191 Å². The highest BCUT2D eigenvalue weighted by molar-refractivity contribution is 9.11. The van der Waals surface area contributed by atoms with Crippen LogP contribution in [0.1, 0.15) is 248 Å². The summed E-state index contributed by atoms with van der Waals surface area (Å²) in [5.74, 6) is 14.7. The van der Waals surface area contributed by atoms with Gasteiger partial charge in [-0.1, -0.05) is 61.8 Å². The maximum atomic E-state index is 12.4. The van der Waals surface area contributed by atoms with Crippen molar-refractivity contribution >= 4 is 190 Å². The molecule has 6 aromatic heterocycles. The number of aryl methyl sites for hydroxylation is 8. The Morgan fingerprint density at radius 1 is 0.564 bits per heavy atom. The van der Waals surface area contributed by atoms with Crippen LogP contribution in [0.5, 0.6) is 0 Å². The fraction of sp³-hybridized carbons (Fsp3) is 0.507. The molecule has 7 saturated carbocycles. The smallest absolute Gasteiger partial charge is 0.399 e. The van der Waals surface area contributed by atoms with E-state index in [1.54, 1.807) is 41.2 Å². The molecule has 16 rings (SSSR count). The zero-order chi connectivity index (χ0) is 84.1. The third kappa shape index (κ3) is 32.1. The number of anilines is 1. The molecule has 8 aromatic rings. The van der Waals surface area contributed by atoms with Gasteiger partial charge in [-0.25, -0.2) is 66.7 Å². The number of amidine groups is 1. The third-order valence-electron chi connectivity index (χ3n) is 19.3. The van der Waals surface area contributed by atoms with Crippen molar-refractivity contribution in [3.63, 3.8) is 0 Å². The number of nitrogens with one attached hydrogen (secondary N) is 5. The van der Waals surface area contributed by atoms with Crippen LogP contribution in [0, 0.1) is 66.7 Å². The Morgan fingerprint density at radius 2 is 0.974 bits per heavy atom. The van der Waals surface area contributed by atoms with E-state index in [0.717, 1.165) is 133 Å². The molecule has 7 aliphatic carbocycles. The average molecular weight is 1920 g/mol. The molecule has 616 valence electrons. The molecular formula is C75H102B9Br4Cl2N17O8S2. The predicted octanol–water partition coefficient (Wildman–Crippen LogP) is 12.8. The van der Waals surface area contributed by atoms with Gasteiger partial charge in [0.1, 0.15) is 56.3 Å². The number of sulfone groups is 1. The van der Waals surface area contributed by atoms with E-state index in [9.17, 15) is 26.4 Å². The monoisotopic (exact) mass is 1920 g/mol. The van der Waals surface area contributed by atoms with Crippen LogP contribution >= 0.6 is 87.7 Å².